The predicted molar refractivity (Wildman–Crippen MR) is 93.1 cm³/mol. The highest BCUT2D eigenvalue weighted by Crippen LogP contribution is 2.31. The summed E-state index contributed by atoms with van der Waals surface area (Å²) in [6, 6.07) is 6.23. The minimum Gasteiger partial charge on any atom is -0.508 e. The van der Waals surface area contributed by atoms with Crippen LogP contribution >= 0.6 is 0 Å². The van der Waals surface area contributed by atoms with Gasteiger partial charge in [-0.2, -0.15) is 0 Å². The number of hydrogen-bond donors (Lipinski definition) is 1. The van der Waals surface area contributed by atoms with Gasteiger partial charge in [-0.1, -0.05) is 84.8 Å². The fourth-order valence-electron chi connectivity index (χ4n) is 2.83. The van der Waals surface area contributed by atoms with Gasteiger partial charge in [-0.3, -0.25) is 0 Å². The second-order valence-electron chi connectivity index (χ2n) is 7.33. The van der Waals surface area contributed by atoms with Gasteiger partial charge >= 0.3 is 0 Å². The van der Waals surface area contributed by atoms with Crippen LogP contribution in [0, 0.1) is 0 Å². The molecule has 1 rings (SSSR count). The average molecular weight is 290 g/mol. The zero-order valence-corrected chi connectivity index (χ0v) is 14.5. The van der Waals surface area contributed by atoms with E-state index in [0.717, 1.165) is 12.0 Å². The molecular formula is C20H34O. The summed E-state index contributed by atoms with van der Waals surface area (Å²) in [5.41, 5.74) is 2.33. The van der Waals surface area contributed by atoms with Gasteiger partial charge in [-0.15, -0.1) is 0 Å². The average Bonchev–Trinajstić information content (AvgIpc) is 2.40. The maximum Gasteiger partial charge on any atom is 0.119 e. The largest absolute Gasteiger partial charge is 0.508 e. The van der Waals surface area contributed by atoms with Crippen LogP contribution in [0.2, 0.25) is 0 Å². The van der Waals surface area contributed by atoms with E-state index < -0.39 is 0 Å². The van der Waals surface area contributed by atoms with Crippen LogP contribution < -0.4 is 0 Å². The summed E-state index contributed by atoms with van der Waals surface area (Å²) in [7, 11) is 0. The Morgan fingerprint density at radius 2 is 1.43 bits per heavy atom. The molecule has 0 aliphatic carbocycles. The standard InChI is InChI=1S/C20H34O/c1-5-6-7-8-9-10-11-12-13-17-14-15-18(19(21)16-17)20(2,3)4/h14-16,21H,5-13H2,1-4H3. The molecule has 0 atom stereocenters. The molecule has 0 heterocycles. The molecule has 0 amide bonds. The molecule has 21 heavy (non-hydrogen) atoms. The minimum absolute atomic E-state index is 0.0150. The van der Waals surface area contributed by atoms with Gasteiger partial charge in [0.1, 0.15) is 5.75 Å². The first kappa shape index (κ1) is 18.1. The summed E-state index contributed by atoms with van der Waals surface area (Å²) in [5, 5.41) is 10.2. The van der Waals surface area contributed by atoms with E-state index in [9.17, 15) is 5.11 Å². The van der Waals surface area contributed by atoms with Crippen molar-refractivity contribution in [1.29, 1.82) is 0 Å². The summed E-state index contributed by atoms with van der Waals surface area (Å²) in [5.74, 6) is 0.458. The van der Waals surface area contributed by atoms with Gasteiger partial charge in [0.05, 0.1) is 0 Å². The Labute approximate surface area is 131 Å². The van der Waals surface area contributed by atoms with E-state index in [1.807, 2.05) is 6.07 Å². The van der Waals surface area contributed by atoms with Crippen molar-refractivity contribution in [1.82, 2.24) is 0 Å². The number of benzene rings is 1. The molecule has 1 aromatic carbocycles. The Bertz CT molecular complexity index is 401. The topological polar surface area (TPSA) is 20.2 Å². The molecule has 1 aromatic rings. The molecule has 0 aromatic heterocycles. The summed E-state index contributed by atoms with van der Waals surface area (Å²) < 4.78 is 0. The number of hydrogen-bond acceptors (Lipinski definition) is 1. The number of phenolic OH excluding ortho intramolecular Hbond substituents is 1. The van der Waals surface area contributed by atoms with Crippen molar-refractivity contribution in [3.05, 3.63) is 29.3 Å². The molecular weight excluding hydrogens is 256 g/mol. The van der Waals surface area contributed by atoms with E-state index in [2.05, 4.69) is 39.8 Å². The first-order valence-electron chi connectivity index (χ1n) is 8.77. The Kier molecular flexibility index (Phi) is 7.85. The van der Waals surface area contributed by atoms with Gasteiger partial charge in [0.2, 0.25) is 0 Å². The maximum atomic E-state index is 10.2. The molecule has 120 valence electrons. The highest BCUT2D eigenvalue weighted by molar-refractivity contribution is 5.40. The Morgan fingerprint density at radius 3 is 1.95 bits per heavy atom. The SMILES string of the molecule is CCCCCCCCCCc1ccc(C(C)(C)C)c(O)c1. The lowest BCUT2D eigenvalue weighted by Gasteiger charge is -2.20. The molecule has 0 fully saturated rings. The molecule has 0 unspecified atom stereocenters. The van der Waals surface area contributed by atoms with Crippen LogP contribution in [0.1, 0.15) is 90.2 Å². The molecule has 0 saturated carbocycles. The third-order valence-corrected chi connectivity index (χ3v) is 4.19. The highest BCUT2D eigenvalue weighted by atomic mass is 16.3. The normalized spacial score (nSPS) is 11.8. The number of aryl methyl sites for hydroxylation is 1. The molecule has 1 N–H and O–H groups in total. The molecule has 0 bridgehead atoms. The highest BCUT2D eigenvalue weighted by Gasteiger charge is 2.17. The van der Waals surface area contributed by atoms with Crippen LogP contribution in [0.4, 0.5) is 0 Å². The third kappa shape index (κ3) is 7.02. The molecule has 0 aliphatic rings. The van der Waals surface area contributed by atoms with E-state index in [-0.39, 0.29) is 5.41 Å². The van der Waals surface area contributed by atoms with E-state index >= 15 is 0 Å². The van der Waals surface area contributed by atoms with Crippen LogP contribution in [0.15, 0.2) is 18.2 Å². The fraction of sp³-hybridized carbons (Fsp3) is 0.700. The number of phenols is 1. The summed E-state index contributed by atoms with van der Waals surface area (Å²) in [6.45, 7) is 8.68. The van der Waals surface area contributed by atoms with Crippen LogP contribution in [-0.2, 0) is 11.8 Å². The van der Waals surface area contributed by atoms with Gasteiger partial charge in [-0.25, -0.2) is 0 Å². The van der Waals surface area contributed by atoms with Gasteiger partial charge in [0, 0.05) is 0 Å². The van der Waals surface area contributed by atoms with Gasteiger partial charge < -0.3 is 5.11 Å². The molecule has 0 saturated heterocycles. The Hall–Kier alpha value is -0.980. The number of rotatable bonds is 9. The Morgan fingerprint density at radius 1 is 0.857 bits per heavy atom. The molecule has 0 aliphatic heterocycles. The molecule has 0 radical (unpaired) electrons. The van der Waals surface area contributed by atoms with Crippen LogP contribution in [0.5, 0.6) is 5.75 Å². The second kappa shape index (κ2) is 9.12. The van der Waals surface area contributed by atoms with Crippen molar-refractivity contribution in [2.75, 3.05) is 0 Å². The smallest absolute Gasteiger partial charge is 0.119 e. The van der Waals surface area contributed by atoms with Crippen LogP contribution in [-0.4, -0.2) is 5.11 Å². The molecule has 0 spiro atoms. The first-order valence-corrected chi connectivity index (χ1v) is 8.77. The van der Waals surface area contributed by atoms with Gasteiger partial charge in [-0.05, 0) is 35.4 Å². The third-order valence-electron chi connectivity index (χ3n) is 4.19. The van der Waals surface area contributed by atoms with E-state index in [1.165, 1.54) is 56.9 Å². The number of unbranched alkanes of at least 4 members (excludes halogenated alkanes) is 7. The van der Waals surface area contributed by atoms with Crippen molar-refractivity contribution in [2.45, 2.75) is 90.9 Å². The van der Waals surface area contributed by atoms with E-state index in [0.29, 0.717) is 5.75 Å². The second-order valence-corrected chi connectivity index (χ2v) is 7.33. The molecule has 1 heteroatoms. The van der Waals surface area contributed by atoms with E-state index in [1.54, 1.807) is 0 Å². The lowest BCUT2D eigenvalue weighted by molar-refractivity contribution is 0.445. The predicted octanol–water partition coefficient (Wildman–Crippen LogP) is 6.37. The minimum atomic E-state index is 0.0150. The summed E-state index contributed by atoms with van der Waals surface area (Å²) in [4.78, 5) is 0. The van der Waals surface area contributed by atoms with Crippen LogP contribution in [0.3, 0.4) is 0 Å². The Balaban J connectivity index is 2.26. The fourth-order valence-corrected chi connectivity index (χ4v) is 2.83. The van der Waals surface area contributed by atoms with Crippen molar-refractivity contribution >= 4 is 0 Å². The first-order chi connectivity index (χ1) is 9.95. The van der Waals surface area contributed by atoms with Crippen molar-refractivity contribution in [2.24, 2.45) is 0 Å². The molecule has 1 nitrogen and oxygen atoms in total. The zero-order chi connectivity index (χ0) is 15.7. The lowest BCUT2D eigenvalue weighted by atomic mass is 9.85. The van der Waals surface area contributed by atoms with Crippen molar-refractivity contribution < 1.29 is 5.11 Å². The zero-order valence-electron chi connectivity index (χ0n) is 14.5. The van der Waals surface area contributed by atoms with Gasteiger partial charge in [0.15, 0.2) is 0 Å². The van der Waals surface area contributed by atoms with E-state index in [4.69, 9.17) is 0 Å². The van der Waals surface area contributed by atoms with Gasteiger partial charge in [0.25, 0.3) is 0 Å². The van der Waals surface area contributed by atoms with Crippen molar-refractivity contribution in [3.8, 4) is 5.75 Å². The number of aromatic hydroxyl groups is 1. The van der Waals surface area contributed by atoms with Crippen LogP contribution in [0.25, 0.3) is 0 Å². The summed E-state index contributed by atoms with van der Waals surface area (Å²) in [6.07, 6.45) is 11.9. The monoisotopic (exact) mass is 290 g/mol. The quantitative estimate of drug-likeness (QED) is 0.524. The maximum absolute atomic E-state index is 10.2. The van der Waals surface area contributed by atoms with Crippen molar-refractivity contribution in [3.63, 3.8) is 0 Å². The summed E-state index contributed by atoms with van der Waals surface area (Å²) >= 11 is 0. The lowest BCUT2D eigenvalue weighted by Crippen LogP contribution is -2.11.